The molecule has 0 fully saturated rings. The van der Waals surface area contributed by atoms with Crippen LogP contribution in [-0.4, -0.2) is 17.0 Å². The van der Waals surface area contributed by atoms with Crippen LogP contribution in [0.25, 0.3) is 0 Å². The fourth-order valence-electron chi connectivity index (χ4n) is 1.86. The van der Waals surface area contributed by atoms with Crippen LogP contribution in [0, 0.1) is 11.3 Å². The number of benzene rings is 1. The van der Waals surface area contributed by atoms with Gasteiger partial charge < -0.3 is 4.90 Å². The van der Waals surface area contributed by atoms with Crippen LogP contribution in [0.2, 0.25) is 5.15 Å². The minimum Gasteiger partial charge on any atom is -0.329 e. The zero-order valence-electron chi connectivity index (χ0n) is 10.8. The Kier molecular flexibility index (Phi) is 3.98. The van der Waals surface area contributed by atoms with E-state index >= 15 is 0 Å². The lowest BCUT2D eigenvalue weighted by Gasteiger charge is -2.21. The Bertz CT molecular complexity index is 616. The molecule has 0 unspecified atom stereocenters. The molecule has 0 aliphatic carbocycles. The van der Waals surface area contributed by atoms with Gasteiger partial charge in [0.25, 0.3) is 0 Å². The van der Waals surface area contributed by atoms with Gasteiger partial charge in [0, 0.05) is 18.3 Å². The lowest BCUT2D eigenvalue weighted by molar-refractivity contribution is 1.000. The second kappa shape index (κ2) is 5.68. The third kappa shape index (κ3) is 2.67. The summed E-state index contributed by atoms with van der Waals surface area (Å²) in [5.41, 5.74) is 2.49. The number of aromatic nitrogens is 2. The highest BCUT2D eigenvalue weighted by Crippen LogP contribution is 2.28. The van der Waals surface area contributed by atoms with E-state index < -0.39 is 0 Å². The van der Waals surface area contributed by atoms with E-state index in [2.05, 4.69) is 16.0 Å². The smallest absolute Gasteiger partial charge is 0.140 e. The van der Waals surface area contributed by atoms with Gasteiger partial charge in [-0.1, -0.05) is 18.5 Å². The number of nitrogens with zero attached hydrogens (tertiary/aromatic N) is 4. The van der Waals surface area contributed by atoms with Crippen LogP contribution in [0.1, 0.15) is 18.1 Å². The third-order valence-corrected chi connectivity index (χ3v) is 3.25. The van der Waals surface area contributed by atoms with Crippen molar-refractivity contribution in [2.75, 3.05) is 11.9 Å². The molecule has 0 radical (unpaired) electrons. The minimum atomic E-state index is 0.480. The van der Waals surface area contributed by atoms with E-state index in [1.165, 1.54) is 6.33 Å². The highest BCUT2D eigenvalue weighted by atomic mass is 35.5. The SMILES string of the molecule is CCc1c(Cl)ncnc1N(C)c1ccc(C#N)cc1. The highest BCUT2D eigenvalue weighted by Gasteiger charge is 2.13. The quantitative estimate of drug-likeness (QED) is 0.804. The second-order valence-corrected chi connectivity index (χ2v) is 4.40. The number of halogens is 1. The molecule has 0 spiro atoms. The normalized spacial score (nSPS) is 10.0. The summed E-state index contributed by atoms with van der Waals surface area (Å²) in [7, 11) is 1.92. The molecule has 19 heavy (non-hydrogen) atoms. The first-order valence-corrected chi connectivity index (χ1v) is 6.28. The van der Waals surface area contributed by atoms with Crippen LogP contribution in [-0.2, 0) is 6.42 Å². The van der Waals surface area contributed by atoms with Gasteiger partial charge in [-0.2, -0.15) is 5.26 Å². The predicted octanol–water partition coefficient (Wildman–Crippen LogP) is 3.33. The summed E-state index contributed by atoms with van der Waals surface area (Å²) in [4.78, 5) is 10.2. The van der Waals surface area contributed by atoms with Crippen molar-refractivity contribution >= 4 is 23.1 Å². The van der Waals surface area contributed by atoms with Crippen LogP contribution in [0.15, 0.2) is 30.6 Å². The molecule has 5 heteroatoms. The first kappa shape index (κ1) is 13.3. The summed E-state index contributed by atoms with van der Waals surface area (Å²) in [5.74, 6) is 0.784. The molecule has 1 aromatic carbocycles. The molecule has 0 N–H and O–H groups in total. The molecule has 1 heterocycles. The second-order valence-electron chi connectivity index (χ2n) is 4.04. The van der Waals surface area contributed by atoms with E-state index in [1.54, 1.807) is 12.1 Å². The van der Waals surface area contributed by atoms with Crippen molar-refractivity contribution in [1.29, 1.82) is 5.26 Å². The fourth-order valence-corrected chi connectivity index (χ4v) is 2.12. The van der Waals surface area contributed by atoms with Gasteiger partial charge in [0.05, 0.1) is 11.6 Å². The number of hydrogen-bond acceptors (Lipinski definition) is 4. The Hall–Kier alpha value is -2.12. The fraction of sp³-hybridized carbons (Fsp3) is 0.214. The Morgan fingerprint density at radius 1 is 1.26 bits per heavy atom. The predicted molar refractivity (Wildman–Crippen MR) is 75.6 cm³/mol. The Morgan fingerprint density at radius 2 is 1.95 bits per heavy atom. The van der Waals surface area contributed by atoms with Crippen LogP contribution in [0.3, 0.4) is 0 Å². The summed E-state index contributed by atoms with van der Waals surface area (Å²) in [6.45, 7) is 2.01. The van der Waals surface area contributed by atoms with Crippen molar-refractivity contribution in [3.8, 4) is 6.07 Å². The van der Waals surface area contributed by atoms with E-state index in [-0.39, 0.29) is 0 Å². The van der Waals surface area contributed by atoms with Crippen LogP contribution < -0.4 is 4.90 Å². The lowest BCUT2D eigenvalue weighted by atomic mass is 10.2. The molecule has 0 atom stereocenters. The lowest BCUT2D eigenvalue weighted by Crippen LogP contribution is -2.14. The average molecular weight is 273 g/mol. The van der Waals surface area contributed by atoms with Crippen molar-refractivity contribution in [2.45, 2.75) is 13.3 Å². The topological polar surface area (TPSA) is 52.8 Å². The van der Waals surface area contributed by atoms with Gasteiger partial charge in [-0.25, -0.2) is 9.97 Å². The maximum absolute atomic E-state index is 8.80. The van der Waals surface area contributed by atoms with Crippen LogP contribution >= 0.6 is 11.6 Å². The first-order chi connectivity index (χ1) is 9.17. The molecule has 2 rings (SSSR count). The number of rotatable bonds is 3. The summed E-state index contributed by atoms with van der Waals surface area (Å²) in [5, 5.41) is 9.28. The van der Waals surface area contributed by atoms with Crippen LogP contribution in [0.5, 0.6) is 0 Å². The molecule has 0 amide bonds. The van der Waals surface area contributed by atoms with Gasteiger partial charge in [-0.3, -0.25) is 0 Å². The monoisotopic (exact) mass is 272 g/mol. The van der Waals surface area contributed by atoms with Gasteiger partial charge in [0.2, 0.25) is 0 Å². The Morgan fingerprint density at radius 3 is 2.53 bits per heavy atom. The van der Waals surface area contributed by atoms with Crippen molar-refractivity contribution in [3.63, 3.8) is 0 Å². The zero-order chi connectivity index (χ0) is 13.8. The molecule has 96 valence electrons. The number of hydrogen-bond donors (Lipinski definition) is 0. The maximum atomic E-state index is 8.80. The van der Waals surface area contributed by atoms with Crippen molar-refractivity contribution in [2.24, 2.45) is 0 Å². The van der Waals surface area contributed by atoms with E-state index in [4.69, 9.17) is 16.9 Å². The molecule has 4 nitrogen and oxygen atoms in total. The first-order valence-electron chi connectivity index (χ1n) is 5.90. The molecular weight excluding hydrogens is 260 g/mol. The van der Waals surface area contributed by atoms with Crippen molar-refractivity contribution < 1.29 is 0 Å². The summed E-state index contributed by atoms with van der Waals surface area (Å²) in [6, 6.07) is 9.42. The van der Waals surface area contributed by atoms with Gasteiger partial charge in [0.15, 0.2) is 0 Å². The summed E-state index contributed by atoms with van der Waals surface area (Å²) in [6.07, 6.45) is 2.21. The zero-order valence-corrected chi connectivity index (χ0v) is 11.5. The van der Waals surface area contributed by atoms with Crippen LogP contribution in [0.4, 0.5) is 11.5 Å². The highest BCUT2D eigenvalue weighted by molar-refractivity contribution is 6.30. The van der Waals surface area contributed by atoms with E-state index in [0.717, 1.165) is 23.5 Å². The molecule has 0 saturated heterocycles. The molecule has 2 aromatic rings. The Balaban J connectivity index is 2.41. The third-order valence-electron chi connectivity index (χ3n) is 2.92. The molecule has 0 saturated carbocycles. The van der Waals surface area contributed by atoms with Gasteiger partial charge in [0.1, 0.15) is 17.3 Å². The molecule has 0 bridgehead atoms. The molecule has 0 aliphatic heterocycles. The molecular formula is C14H13ClN4. The number of nitriles is 1. The summed E-state index contributed by atoms with van der Waals surface area (Å²) >= 11 is 6.09. The standard InChI is InChI=1S/C14H13ClN4/c1-3-12-13(15)17-9-18-14(12)19(2)11-6-4-10(8-16)5-7-11/h4-7,9H,3H2,1-2H3. The maximum Gasteiger partial charge on any atom is 0.140 e. The van der Waals surface area contributed by atoms with E-state index in [0.29, 0.717) is 10.7 Å². The average Bonchev–Trinajstić information content (AvgIpc) is 2.46. The van der Waals surface area contributed by atoms with Gasteiger partial charge in [-0.05, 0) is 30.7 Å². The molecule has 0 aliphatic rings. The Labute approximate surface area is 117 Å². The van der Waals surface area contributed by atoms with Crippen molar-refractivity contribution in [1.82, 2.24) is 9.97 Å². The van der Waals surface area contributed by atoms with Gasteiger partial charge >= 0.3 is 0 Å². The largest absolute Gasteiger partial charge is 0.329 e. The minimum absolute atomic E-state index is 0.480. The summed E-state index contributed by atoms with van der Waals surface area (Å²) < 4.78 is 0. The number of anilines is 2. The van der Waals surface area contributed by atoms with E-state index in [1.807, 2.05) is 31.0 Å². The van der Waals surface area contributed by atoms with Gasteiger partial charge in [-0.15, -0.1) is 0 Å². The van der Waals surface area contributed by atoms with Crippen molar-refractivity contribution in [3.05, 3.63) is 46.9 Å². The molecule has 1 aromatic heterocycles. The van der Waals surface area contributed by atoms with E-state index in [9.17, 15) is 0 Å².